The quantitative estimate of drug-likeness (QED) is 0.279. The summed E-state index contributed by atoms with van der Waals surface area (Å²) >= 11 is 0. The lowest BCUT2D eigenvalue weighted by Gasteiger charge is -2.19. The van der Waals surface area contributed by atoms with E-state index in [0.717, 1.165) is 70.4 Å². The van der Waals surface area contributed by atoms with E-state index in [2.05, 4.69) is 22.4 Å². The molecule has 1 aromatic rings. The Morgan fingerprint density at radius 1 is 1.22 bits per heavy atom. The van der Waals surface area contributed by atoms with E-state index in [1.165, 1.54) is 4.57 Å². The number of hydrogen-bond donors (Lipinski definition) is 3. The molecule has 0 atom stereocenters. The molecule has 2 rings (SSSR count). The second kappa shape index (κ2) is 10.7. The maximum atomic E-state index is 12.2. The fourth-order valence-electron chi connectivity index (χ4n) is 3.46. The van der Waals surface area contributed by atoms with E-state index < -0.39 is 17.1 Å². The zero-order valence-electron chi connectivity index (χ0n) is 16.0. The van der Waals surface area contributed by atoms with E-state index in [4.69, 9.17) is 0 Å². The van der Waals surface area contributed by atoms with Gasteiger partial charge in [-0.1, -0.05) is 51.9 Å². The van der Waals surface area contributed by atoms with Gasteiger partial charge >= 0.3 is 5.69 Å². The van der Waals surface area contributed by atoms with E-state index >= 15 is 0 Å². The number of nitrogens with one attached hydrogen (secondary N) is 2. The van der Waals surface area contributed by atoms with Gasteiger partial charge in [-0.25, -0.2) is 10.2 Å². The molecule has 1 heterocycles. The Balaban J connectivity index is 2.10. The standard InChI is InChI=1S/C19H30N4O4/c1-2-3-4-9-12-16(24)22-20-13-15-17(25)21-19(27)23(18(15)26)14-10-7-5-6-8-11-14/h13-14,26H,2-12H2,1H3,(H,22,24)(H,21,25,27). The zero-order chi connectivity index (χ0) is 19.6. The van der Waals surface area contributed by atoms with Crippen molar-refractivity contribution >= 4 is 12.1 Å². The summed E-state index contributed by atoms with van der Waals surface area (Å²) in [5.74, 6) is -0.632. The van der Waals surface area contributed by atoms with Crippen LogP contribution in [0.15, 0.2) is 14.7 Å². The summed E-state index contributed by atoms with van der Waals surface area (Å²) in [7, 11) is 0. The SMILES string of the molecule is CCCCCCC(=O)NN=Cc1c(O)n(C2CCCCCC2)c(=O)[nH]c1=O. The number of aromatic nitrogens is 2. The molecule has 0 aromatic carbocycles. The Morgan fingerprint density at radius 2 is 1.93 bits per heavy atom. The number of amides is 1. The number of unbranched alkanes of at least 4 members (excludes halogenated alkanes) is 3. The minimum atomic E-state index is -0.719. The Hall–Kier alpha value is -2.38. The molecular formula is C19H30N4O4. The van der Waals surface area contributed by atoms with Crippen LogP contribution in [-0.2, 0) is 4.79 Å². The van der Waals surface area contributed by atoms with Crippen LogP contribution in [0.25, 0.3) is 0 Å². The second-order valence-electron chi connectivity index (χ2n) is 7.12. The first-order chi connectivity index (χ1) is 13.0. The molecule has 1 aromatic heterocycles. The third kappa shape index (κ3) is 6.08. The predicted octanol–water partition coefficient (Wildman–Crippen LogP) is 2.56. The van der Waals surface area contributed by atoms with Gasteiger partial charge in [-0.05, 0) is 19.3 Å². The van der Waals surface area contributed by atoms with Crippen molar-refractivity contribution in [3.63, 3.8) is 0 Å². The first-order valence-electron chi connectivity index (χ1n) is 9.94. The van der Waals surface area contributed by atoms with Crippen LogP contribution in [0, 0.1) is 0 Å². The minimum Gasteiger partial charge on any atom is -0.494 e. The van der Waals surface area contributed by atoms with Gasteiger partial charge in [-0.3, -0.25) is 19.1 Å². The maximum absolute atomic E-state index is 12.2. The molecule has 0 aliphatic heterocycles. The number of aromatic amines is 1. The molecule has 1 fully saturated rings. The van der Waals surface area contributed by atoms with E-state index in [-0.39, 0.29) is 17.5 Å². The Morgan fingerprint density at radius 3 is 2.59 bits per heavy atom. The van der Waals surface area contributed by atoms with Crippen LogP contribution in [0.3, 0.4) is 0 Å². The van der Waals surface area contributed by atoms with Gasteiger partial charge in [0.2, 0.25) is 11.8 Å². The average Bonchev–Trinajstić information content (AvgIpc) is 2.90. The van der Waals surface area contributed by atoms with Gasteiger partial charge in [0, 0.05) is 12.5 Å². The van der Waals surface area contributed by atoms with E-state index in [9.17, 15) is 19.5 Å². The largest absolute Gasteiger partial charge is 0.494 e. The molecule has 1 saturated carbocycles. The molecule has 1 amide bonds. The first-order valence-corrected chi connectivity index (χ1v) is 9.94. The molecule has 0 radical (unpaired) electrons. The summed E-state index contributed by atoms with van der Waals surface area (Å²) in [4.78, 5) is 38.2. The van der Waals surface area contributed by atoms with Crippen molar-refractivity contribution in [3.05, 3.63) is 26.4 Å². The van der Waals surface area contributed by atoms with Crippen molar-refractivity contribution < 1.29 is 9.90 Å². The monoisotopic (exact) mass is 378 g/mol. The number of nitrogens with zero attached hydrogens (tertiary/aromatic N) is 2. The molecule has 150 valence electrons. The van der Waals surface area contributed by atoms with E-state index in [0.29, 0.717) is 6.42 Å². The molecule has 3 N–H and O–H groups in total. The van der Waals surface area contributed by atoms with Crippen molar-refractivity contribution in [2.75, 3.05) is 0 Å². The summed E-state index contributed by atoms with van der Waals surface area (Å²) in [6, 6.07) is -0.142. The molecule has 1 aliphatic rings. The fourth-order valence-corrected chi connectivity index (χ4v) is 3.46. The molecule has 0 spiro atoms. The van der Waals surface area contributed by atoms with Crippen LogP contribution in [0.4, 0.5) is 0 Å². The number of carbonyl (C=O) groups is 1. The van der Waals surface area contributed by atoms with Crippen LogP contribution in [0.1, 0.15) is 89.2 Å². The molecule has 8 nitrogen and oxygen atoms in total. The number of hydrogen-bond acceptors (Lipinski definition) is 5. The van der Waals surface area contributed by atoms with Crippen molar-refractivity contribution in [1.29, 1.82) is 0 Å². The number of H-pyrrole nitrogens is 1. The Bertz CT molecular complexity index is 758. The van der Waals surface area contributed by atoms with Gasteiger partial charge in [-0.2, -0.15) is 5.10 Å². The molecule has 0 bridgehead atoms. The minimum absolute atomic E-state index is 0.120. The lowest BCUT2D eigenvalue weighted by atomic mass is 10.1. The summed E-state index contributed by atoms with van der Waals surface area (Å²) < 4.78 is 1.25. The Kier molecular flexibility index (Phi) is 8.29. The Labute approximate surface area is 158 Å². The van der Waals surface area contributed by atoms with Gasteiger partial charge < -0.3 is 5.11 Å². The maximum Gasteiger partial charge on any atom is 0.331 e. The third-order valence-corrected chi connectivity index (χ3v) is 4.98. The van der Waals surface area contributed by atoms with Crippen LogP contribution >= 0.6 is 0 Å². The normalized spacial score (nSPS) is 15.7. The summed E-state index contributed by atoms with van der Waals surface area (Å²) in [5, 5.41) is 14.3. The van der Waals surface area contributed by atoms with Crippen LogP contribution < -0.4 is 16.7 Å². The lowest BCUT2D eigenvalue weighted by Crippen LogP contribution is -2.34. The number of carbonyl (C=O) groups excluding carboxylic acids is 1. The van der Waals surface area contributed by atoms with Gasteiger partial charge in [-0.15, -0.1) is 0 Å². The van der Waals surface area contributed by atoms with Crippen molar-refractivity contribution in [2.45, 2.75) is 83.6 Å². The highest BCUT2D eigenvalue weighted by atomic mass is 16.3. The topological polar surface area (TPSA) is 117 Å². The van der Waals surface area contributed by atoms with Gasteiger partial charge in [0.1, 0.15) is 5.56 Å². The van der Waals surface area contributed by atoms with Crippen LogP contribution in [0.5, 0.6) is 5.88 Å². The highest BCUT2D eigenvalue weighted by molar-refractivity contribution is 5.84. The summed E-state index contributed by atoms with van der Waals surface area (Å²) in [6.45, 7) is 2.10. The smallest absolute Gasteiger partial charge is 0.331 e. The number of rotatable bonds is 8. The molecule has 8 heteroatoms. The van der Waals surface area contributed by atoms with Crippen molar-refractivity contribution in [3.8, 4) is 5.88 Å². The highest BCUT2D eigenvalue weighted by Crippen LogP contribution is 2.28. The fraction of sp³-hybridized carbons (Fsp3) is 0.684. The van der Waals surface area contributed by atoms with Crippen molar-refractivity contribution in [1.82, 2.24) is 15.0 Å². The highest BCUT2D eigenvalue weighted by Gasteiger charge is 2.21. The van der Waals surface area contributed by atoms with E-state index in [1.807, 2.05) is 0 Å². The third-order valence-electron chi connectivity index (χ3n) is 4.98. The molecule has 0 saturated heterocycles. The number of aromatic hydroxyl groups is 1. The summed E-state index contributed by atoms with van der Waals surface area (Å²) in [5.41, 5.74) is 0.916. The lowest BCUT2D eigenvalue weighted by molar-refractivity contribution is -0.121. The van der Waals surface area contributed by atoms with Crippen LogP contribution in [0.2, 0.25) is 0 Å². The summed E-state index contributed by atoms with van der Waals surface area (Å²) in [6.07, 6.45) is 11.2. The predicted molar refractivity (Wildman–Crippen MR) is 104 cm³/mol. The zero-order valence-corrected chi connectivity index (χ0v) is 16.0. The first kappa shape index (κ1) is 20.9. The molecule has 1 aliphatic carbocycles. The van der Waals surface area contributed by atoms with Crippen LogP contribution in [-0.4, -0.2) is 26.8 Å². The van der Waals surface area contributed by atoms with Gasteiger partial charge in [0.05, 0.1) is 6.21 Å². The van der Waals surface area contributed by atoms with Crippen molar-refractivity contribution in [2.24, 2.45) is 5.10 Å². The number of hydrazone groups is 1. The molecule has 0 unspecified atom stereocenters. The molecular weight excluding hydrogens is 348 g/mol. The molecule has 27 heavy (non-hydrogen) atoms. The second-order valence-corrected chi connectivity index (χ2v) is 7.12. The van der Waals surface area contributed by atoms with Gasteiger partial charge in [0.15, 0.2) is 0 Å². The van der Waals surface area contributed by atoms with E-state index in [1.54, 1.807) is 0 Å². The average molecular weight is 378 g/mol. The van der Waals surface area contributed by atoms with Gasteiger partial charge in [0.25, 0.3) is 5.56 Å².